The van der Waals surface area contributed by atoms with Crippen molar-refractivity contribution >= 4 is 11.7 Å². The predicted octanol–water partition coefficient (Wildman–Crippen LogP) is 3.50. The first-order chi connectivity index (χ1) is 15.4. The van der Waals surface area contributed by atoms with Gasteiger partial charge in [-0.2, -0.15) is 0 Å². The van der Waals surface area contributed by atoms with E-state index < -0.39 is 11.9 Å². The Kier molecular flexibility index (Phi) is 10.6. The number of Topliss-reactive ketones (excluding diaryl/α,β-unsaturated/α-hetero) is 1. The van der Waals surface area contributed by atoms with Gasteiger partial charge >= 0.3 is 0 Å². The van der Waals surface area contributed by atoms with Crippen molar-refractivity contribution in [2.45, 2.75) is 46.3 Å². The minimum absolute atomic E-state index is 0.0877. The number of nitrogens with one attached hydrogen (secondary N) is 3. The molecular formula is C26H35N3O3. The van der Waals surface area contributed by atoms with Crippen LogP contribution in [0.3, 0.4) is 0 Å². The second kappa shape index (κ2) is 13.5. The molecule has 1 heterocycles. The van der Waals surface area contributed by atoms with Gasteiger partial charge in [0.1, 0.15) is 11.3 Å². The average molecular weight is 438 g/mol. The van der Waals surface area contributed by atoms with E-state index in [4.69, 9.17) is 5.11 Å². The van der Waals surface area contributed by atoms with E-state index in [0.717, 1.165) is 32.6 Å². The fourth-order valence-corrected chi connectivity index (χ4v) is 3.36. The Balaban J connectivity index is 0.000000235. The van der Waals surface area contributed by atoms with Crippen LogP contribution in [0.1, 0.15) is 38.3 Å². The Hall–Kier alpha value is -2.96. The Labute approximate surface area is 191 Å². The first kappa shape index (κ1) is 25.3. The maximum absolute atomic E-state index is 11.7. The summed E-state index contributed by atoms with van der Waals surface area (Å²) in [6, 6.07) is 20.5. The second-order valence-corrected chi connectivity index (χ2v) is 7.99. The molecule has 0 unspecified atom stereocenters. The highest BCUT2D eigenvalue weighted by Crippen LogP contribution is 2.20. The number of carbonyl (C=O) groups is 2. The number of amides is 1. The molecule has 1 fully saturated rings. The highest BCUT2D eigenvalue weighted by molar-refractivity contribution is 6.26. The van der Waals surface area contributed by atoms with Crippen molar-refractivity contribution in [3.05, 3.63) is 83.1 Å². The Morgan fingerprint density at radius 1 is 0.938 bits per heavy atom. The van der Waals surface area contributed by atoms with Gasteiger partial charge in [-0.15, -0.1) is 0 Å². The van der Waals surface area contributed by atoms with E-state index in [1.165, 1.54) is 18.1 Å². The highest BCUT2D eigenvalue weighted by atomic mass is 16.3. The lowest BCUT2D eigenvalue weighted by Crippen LogP contribution is -2.35. The lowest BCUT2D eigenvalue weighted by Gasteiger charge is -2.14. The molecule has 2 aromatic rings. The van der Waals surface area contributed by atoms with Crippen LogP contribution in [0.4, 0.5) is 0 Å². The van der Waals surface area contributed by atoms with Crippen LogP contribution in [0.2, 0.25) is 0 Å². The van der Waals surface area contributed by atoms with Gasteiger partial charge in [-0.05, 0) is 24.0 Å². The van der Waals surface area contributed by atoms with Gasteiger partial charge in [-0.3, -0.25) is 9.59 Å². The molecule has 0 aromatic heterocycles. The van der Waals surface area contributed by atoms with Crippen molar-refractivity contribution < 1.29 is 14.7 Å². The normalized spacial score (nSPS) is 17.9. The molecule has 32 heavy (non-hydrogen) atoms. The molecule has 4 N–H and O–H groups in total. The smallest absolute Gasteiger partial charge is 0.259 e. The summed E-state index contributed by atoms with van der Waals surface area (Å²) in [5.74, 6) is -0.841. The Morgan fingerprint density at radius 2 is 1.41 bits per heavy atom. The van der Waals surface area contributed by atoms with Crippen molar-refractivity contribution in [1.82, 2.24) is 16.0 Å². The van der Waals surface area contributed by atoms with Crippen molar-refractivity contribution in [1.29, 1.82) is 0 Å². The number of allylic oxidation sites excluding steroid dienone is 1. The minimum Gasteiger partial charge on any atom is -0.512 e. The third-order valence-electron chi connectivity index (χ3n) is 5.44. The molecule has 0 radical (unpaired) electrons. The van der Waals surface area contributed by atoms with Crippen molar-refractivity contribution in [2.24, 2.45) is 5.92 Å². The average Bonchev–Trinajstić information content (AvgIpc) is 3.11. The van der Waals surface area contributed by atoms with E-state index in [2.05, 4.69) is 64.5 Å². The topological polar surface area (TPSA) is 90.5 Å². The number of hydrogen-bond acceptors (Lipinski definition) is 5. The van der Waals surface area contributed by atoms with Crippen molar-refractivity contribution in [3.63, 3.8) is 0 Å². The monoisotopic (exact) mass is 437 g/mol. The number of aliphatic hydroxyl groups excluding tert-OH is 1. The fraction of sp³-hybridized carbons (Fsp3) is 0.385. The molecule has 172 valence electrons. The molecule has 1 saturated heterocycles. The number of aliphatic hydroxyl groups is 1. The molecule has 6 nitrogen and oxygen atoms in total. The summed E-state index contributed by atoms with van der Waals surface area (Å²) < 4.78 is 0. The zero-order chi connectivity index (χ0) is 23.3. The summed E-state index contributed by atoms with van der Waals surface area (Å²) >= 11 is 0. The molecule has 1 aliphatic rings. The summed E-state index contributed by atoms with van der Waals surface area (Å²) in [6.45, 7) is 9.06. The molecule has 0 bridgehead atoms. The van der Waals surface area contributed by atoms with Crippen molar-refractivity contribution in [3.8, 4) is 0 Å². The standard InChI is InChI=1S/C16H20N2.C10H15NO3/c1-3-7-15(8-4-1)13-17-11-12-18-14-16-9-5-2-6-10-16;1-4-5(2)8-9(13)7(6(3)12)10(14)11-8/h1-10,17-18H,11-14H2;5,8,12H,4H2,1-3H3,(H,11,14)/b;7-6-/t;5-,8+/m.1/s1. The molecule has 2 aromatic carbocycles. The molecule has 1 aliphatic heterocycles. The minimum atomic E-state index is -0.468. The highest BCUT2D eigenvalue weighted by Gasteiger charge is 2.39. The quantitative estimate of drug-likeness (QED) is 0.209. The summed E-state index contributed by atoms with van der Waals surface area (Å²) in [7, 11) is 0. The van der Waals surface area contributed by atoms with Gasteiger partial charge in [0.25, 0.3) is 5.91 Å². The fourth-order valence-electron chi connectivity index (χ4n) is 3.36. The lowest BCUT2D eigenvalue weighted by molar-refractivity contribution is -0.117. The van der Waals surface area contributed by atoms with Gasteiger partial charge in [0, 0.05) is 26.2 Å². The Morgan fingerprint density at radius 3 is 1.78 bits per heavy atom. The van der Waals surface area contributed by atoms with E-state index >= 15 is 0 Å². The molecule has 3 rings (SSSR count). The maximum Gasteiger partial charge on any atom is 0.259 e. The number of benzene rings is 2. The molecule has 0 spiro atoms. The summed E-state index contributed by atoms with van der Waals surface area (Å²) in [4.78, 5) is 23.0. The SMILES string of the molecule is CC[C@@H](C)[C@@H]1NC(=O)/C(=C(/C)O)C1=O.c1ccc(CNCCNCc2ccccc2)cc1. The second-order valence-electron chi connectivity index (χ2n) is 7.99. The third kappa shape index (κ3) is 7.94. The van der Waals surface area contributed by atoms with Crippen LogP contribution in [0.25, 0.3) is 0 Å². The van der Waals surface area contributed by atoms with E-state index in [0.29, 0.717) is 0 Å². The molecule has 2 atom stereocenters. The van der Waals surface area contributed by atoms with E-state index in [-0.39, 0.29) is 23.0 Å². The molecule has 0 saturated carbocycles. The summed E-state index contributed by atoms with van der Waals surface area (Å²) in [6.07, 6.45) is 0.814. The van der Waals surface area contributed by atoms with Crippen molar-refractivity contribution in [2.75, 3.05) is 13.1 Å². The molecule has 1 amide bonds. The molecule has 0 aliphatic carbocycles. The third-order valence-corrected chi connectivity index (χ3v) is 5.44. The first-order valence-electron chi connectivity index (χ1n) is 11.2. The van der Waals surface area contributed by atoms with Crippen LogP contribution in [-0.4, -0.2) is 35.9 Å². The number of carbonyl (C=O) groups excluding carboxylic acids is 2. The zero-order valence-electron chi connectivity index (χ0n) is 19.2. The lowest BCUT2D eigenvalue weighted by atomic mass is 9.95. The van der Waals surface area contributed by atoms with Gasteiger partial charge in [0.2, 0.25) is 0 Å². The van der Waals surface area contributed by atoms with Crippen LogP contribution < -0.4 is 16.0 Å². The Bertz CT molecular complexity index is 834. The zero-order valence-corrected chi connectivity index (χ0v) is 19.2. The van der Waals surface area contributed by atoms with Gasteiger partial charge in [-0.1, -0.05) is 80.9 Å². The van der Waals surface area contributed by atoms with Gasteiger partial charge in [0.15, 0.2) is 5.78 Å². The van der Waals surface area contributed by atoms with Crippen LogP contribution in [0.5, 0.6) is 0 Å². The number of hydrogen-bond donors (Lipinski definition) is 4. The maximum atomic E-state index is 11.7. The largest absolute Gasteiger partial charge is 0.512 e. The van der Waals surface area contributed by atoms with E-state index in [9.17, 15) is 9.59 Å². The van der Waals surface area contributed by atoms with Crippen LogP contribution in [-0.2, 0) is 22.7 Å². The summed E-state index contributed by atoms with van der Waals surface area (Å²) in [5, 5.41) is 18.6. The predicted molar refractivity (Wildman–Crippen MR) is 128 cm³/mol. The number of rotatable bonds is 9. The van der Waals surface area contributed by atoms with E-state index in [1.807, 2.05) is 26.0 Å². The molecule has 6 heteroatoms. The van der Waals surface area contributed by atoms with Crippen LogP contribution in [0.15, 0.2) is 72.0 Å². The number of ketones is 1. The van der Waals surface area contributed by atoms with E-state index in [1.54, 1.807) is 0 Å². The molecular weight excluding hydrogens is 402 g/mol. The summed E-state index contributed by atoms with van der Waals surface area (Å²) in [5.41, 5.74) is 2.58. The van der Waals surface area contributed by atoms with Gasteiger partial charge < -0.3 is 21.1 Å². The van der Waals surface area contributed by atoms with Gasteiger partial charge in [0.05, 0.1) is 6.04 Å². The van der Waals surface area contributed by atoms with Crippen LogP contribution >= 0.6 is 0 Å². The first-order valence-corrected chi connectivity index (χ1v) is 11.2. The van der Waals surface area contributed by atoms with Crippen LogP contribution in [0, 0.1) is 5.92 Å². The van der Waals surface area contributed by atoms with Gasteiger partial charge in [-0.25, -0.2) is 0 Å².